The van der Waals surface area contributed by atoms with Crippen molar-refractivity contribution < 1.29 is 4.79 Å². The maximum Gasteiger partial charge on any atom is 0.209 e. The molecule has 1 heterocycles. The van der Waals surface area contributed by atoms with Crippen LogP contribution in [0, 0.1) is 6.92 Å². The number of aromatic nitrogens is 1. The van der Waals surface area contributed by atoms with Gasteiger partial charge in [0, 0.05) is 0 Å². The Labute approximate surface area is 112 Å². The number of hydrogen-bond acceptors (Lipinski definition) is 4. The van der Waals surface area contributed by atoms with Gasteiger partial charge in [0.1, 0.15) is 10.7 Å². The molecular weight excluding hydrogens is 279 g/mol. The van der Waals surface area contributed by atoms with Gasteiger partial charge in [-0.3, -0.25) is 4.79 Å². The Kier molecular flexibility index (Phi) is 3.38. The van der Waals surface area contributed by atoms with Crippen molar-refractivity contribution in [1.29, 1.82) is 0 Å². The summed E-state index contributed by atoms with van der Waals surface area (Å²) in [4.78, 5) is 16.6. The van der Waals surface area contributed by atoms with E-state index < -0.39 is 0 Å². The lowest BCUT2D eigenvalue weighted by atomic mass is 10.1. The van der Waals surface area contributed by atoms with Gasteiger partial charge in [-0.1, -0.05) is 29.3 Å². The molecule has 2 rings (SSSR count). The van der Waals surface area contributed by atoms with E-state index in [-0.39, 0.29) is 17.2 Å². The van der Waals surface area contributed by atoms with Crippen LogP contribution >= 0.6 is 34.5 Å². The molecular formula is C11H8Cl2N2OS. The lowest BCUT2D eigenvalue weighted by Gasteiger charge is -2.04. The number of anilines is 1. The van der Waals surface area contributed by atoms with E-state index in [4.69, 9.17) is 28.9 Å². The normalized spacial score (nSPS) is 10.5. The molecule has 0 unspecified atom stereocenters. The predicted molar refractivity (Wildman–Crippen MR) is 71.2 cm³/mol. The lowest BCUT2D eigenvalue weighted by Crippen LogP contribution is -2.04. The van der Waals surface area contributed by atoms with Crippen molar-refractivity contribution >= 4 is 46.1 Å². The number of halogens is 2. The highest BCUT2D eigenvalue weighted by atomic mass is 35.5. The third kappa shape index (κ3) is 2.29. The van der Waals surface area contributed by atoms with Crippen molar-refractivity contribution in [3.8, 4) is 0 Å². The SMILES string of the molecule is Cc1nc(N)c(C(=O)c2c(Cl)cccc2Cl)s1. The number of carbonyl (C=O) groups is 1. The van der Waals surface area contributed by atoms with Crippen LogP contribution in [0.4, 0.5) is 5.82 Å². The lowest BCUT2D eigenvalue weighted by molar-refractivity contribution is 0.104. The summed E-state index contributed by atoms with van der Waals surface area (Å²) in [5.74, 6) is -0.0720. The molecule has 0 aliphatic carbocycles. The Morgan fingerprint density at radius 3 is 2.41 bits per heavy atom. The van der Waals surface area contributed by atoms with Crippen molar-refractivity contribution in [2.45, 2.75) is 6.92 Å². The number of ketones is 1. The molecule has 0 saturated heterocycles. The first-order valence-corrected chi connectivity index (χ1v) is 6.29. The van der Waals surface area contributed by atoms with E-state index in [1.165, 1.54) is 11.3 Å². The van der Waals surface area contributed by atoms with E-state index >= 15 is 0 Å². The fourth-order valence-electron chi connectivity index (χ4n) is 1.43. The molecule has 0 amide bonds. The number of aryl methyl sites for hydroxylation is 1. The van der Waals surface area contributed by atoms with E-state index in [1.807, 2.05) is 0 Å². The molecule has 2 N–H and O–H groups in total. The minimum Gasteiger partial charge on any atom is -0.382 e. The number of nitrogens with two attached hydrogens (primary N) is 1. The van der Waals surface area contributed by atoms with E-state index in [2.05, 4.69) is 4.98 Å². The average molecular weight is 287 g/mol. The second-order valence-electron chi connectivity index (χ2n) is 3.37. The van der Waals surface area contributed by atoms with Crippen molar-refractivity contribution in [3.05, 3.63) is 43.7 Å². The highest BCUT2D eigenvalue weighted by Gasteiger charge is 2.21. The van der Waals surface area contributed by atoms with Crippen molar-refractivity contribution in [2.75, 3.05) is 5.73 Å². The largest absolute Gasteiger partial charge is 0.382 e. The summed E-state index contributed by atoms with van der Waals surface area (Å²) in [6.07, 6.45) is 0. The Balaban J connectivity index is 2.55. The van der Waals surface area contributed by atoms with Gasteiger partial charge in [-0.15, -0.1) is 11.3 Å². The number of nitrogens with zero attached hydrogens (tertiary/aromatic N) is 1. The molecule has 0 atom stereocenters. The Bertz CT molecular complexity index is 575. The number of hydrogen-bond donors (Lipinski definition) is 1. The van der Waals surface area contributed by atoms with Crippen molar-refractivity contribution in [1.82, 2.24) is 4.98 Å². The second kappa shape index (κ2) is 4.64. The van der Waals surface area contributed by atoms with Crippen LogP contribution in [0.2, 0.25) is 10.0 Å². The van der Waals surface area contributed by atoms with Gasteiger partial charge in [0.2, 0.25) is 5.78 Å². The maximum atomic E-state index is 12.2. The molecule has 3 nitrogen and oxygen atoms in total. The Morgan fingerprint density at radius 1 is 1.35 bits per heavy atom. The van der Waals surface area contributed by atoms with Gasteiger partial charge in [-0.2, -0.15) is 0 Å². The molecule has 2 aromatic rings. The van der Waals surface area contributed by atoms with Gasteiger partial charge in [-0.05, 0) is 19.1 Å². The first-order chi connectivity index (χ1) is 8.00. The summed E-state index contributed by atoms with van der Waals surface area (Å²) in [6.45, 7) is 1.78. The molecule has 17 heavy (non-hydrogen) atoms. The first-order valence-electron chi connectivity index (χ1n) is 4.72. The summed E-state index contributed by atoms with van der Waals surface area (Å²) in [5.41, 5.74) is 5.94. The highest BCUT2D eigenvalue weighted by molar-refractivity contribution is 7.14. The zero-order valence-electron chi connectivity index (χ0n) is 8.83. The maximum absolute atomic E-state index is 12.2. The summed E-state index contributed by atoms with van der Waals surface area (Å²) in [5, 5.41) is 1.36. The number of benzene rings is 1. The van der Waals surface area contributed by atoms with Crippen LogP contribution in [0.3, 0.4) is 0 Å². The summed E-state index contributed by atoms with van der Waals surface area (Å²) >= 11 is 13.2. The van der Waals surface area contributed by atoms with E-state index in [1.54, 1.807) is 25.1 Å². The fourth-order valence-corrected chi connectivity index (χ4v) is 2.79. The molecule has 1 aromatic carbocycles. The summed E-state index contributed by atoms with van der Waals surface area (Å²) in [7, 11) is 0. The Hall–Kier alpha value is -1.10. The molecule has 88 valence electrons. The number of thiazole rings is 1. The van der Waals surface area contributed by atoms with Crippen LogP contribution in [0.25, 0.3) is 0 Å². The topological polar surface area (TPSA) is 56.0 Å². The van der Waals surface area contributed by atoms with Crippen molar-refractivity contribution in [2.24, 2.45) is 0 Å². The highest BCUT2D eigenvalue weighted by Crippen LogP contribution is 2.30. The molecule has 6 heteroatoms. The standard InChI is InChI=1S/C11H8Cl2N2OS/c1-5-15-11(14)10(17-5)9(16)8-6(12)3-2-4-7(8)13/h2-4H,14H2,1H3. The smallest absolute Gasteiger partial charge is 0.209 e. The molecule has 0 fully saturated rings. The molecule has 0 bridgehead atoms. The summed E-state index contributed by atoms with van der Waals surface area (Å²) in [6, 6.07) is 4.91. The fraction of sp³-hybridized carbons (Fsp3) is 0.0909. The van der Waals surface area contributed by atoms with Crippen LogP contribution in [-0.2, 0) is 0 Å². The van der Waals surface area contributed by atoms with Crippen molar-refractivity contribution in [3.63, 3.8) is 0 Å². The molecule has 0 spiro atoms. The number of nitrogen functional groups attached to an aromatic ring is 1. The molecule has 0 aliphatic rings. The molecule has 1 aromatic heterocycles. The minimum atomic E-state index is -0.288. The van der Waals surface area contributed by atoms with E-state index in [0.717, 1.165) is 5.01 Å². The van der Waals surface area contributed by atoms with Gasteiger partial charge in [0.25, 0.3) is 0 Å². The second-order valence-corrected chi connectivity index (χ2v) is 5.39. The van der Waals surface area contributed by atoms with E-state index in [0.29, 0.717) is 14.9 Å². The molecule has 0 radical (unpaired) electrons. The van der Waals surface area contributed by atoms with Gasteiger partial charge < -0.3 is 5.73 Å². The van der Waals surface area contributed by atoms with E-state index in [9.17, 15) is 4.79 Å². The molecule has 0 saturated carbocycles. The van der Waals surface area contributed by atoms with Gasteiger partial charge >= 0.3 is 0 Å². The quantitative estimate of drug-likeness (QED) is 0.859. The van der Waals surface area contributed by atoms with Crippen LogP contribution in [0.1, 0.15) is 20.2 Å². The zero-order chi connectivity index (χ0) is 12.6. The number of carbonyl (C=O) groups excluding carboxylic acids is 1. The first kappa shape index (κ1) is 12.4. The zero-order valence-corrected chi connectivity index (χ0v) is 11.2. The Morgan fingerprint density at radius 2 is 1.94 bits per heavy atom. The third-order valence-electron chi connectivity index (χ3n) is 2.16. The predicted octanol–water partition coefficient (Wildman–Crippen LogP) is 3.57. The monoisotopic (exact) mass is 286 g/mol. The van der Waals surface area contributed by atoms with Gasteiger partial charge in [-0.25, -0.2) is 4.98 Å². The van der Waals surface area contributed by atoms with Gasteiger partial charge in [0.05, 0.1) is 20.6 Å². The summed E-state index contributed by atoms with van der Waals surface area (Å²) < 4.78 is 0. The van der Waals surface area contributed by atoms with Crippen LogP contribution in [-0.4, -0.2) is 10.8 Å². The minimum absolute atomic E-state index is 0.216. The molecule has 0 aliphatic heterocycles. The van der Waals surface area contributed by atoms with Crippen LogP contribution in [0.5, 0.6) is 0 Å². The van der Waals surface area contributed by atoms with Crippen LogP contribution in [0.15, 0.2) is 18.2 Å². The number of rotatable bonds is 2. The van der Waals surface area contributed by atoms with Gasteiger partial charge in [0.15, 0.2) is 0 Å². The van der Waals surface area contributed by atoms with Crippen LogP contribution < -0.4 is 5.73 Å². The third-order valence-corrected chi connectivity index (χ3v) is 3.77. The average Bonchev–Trinajstić information content (AvgIpc) is 2.57.